The summed E-state index contributed by atoms with van der Waals surface area (Å²) in [6.45, 7) is 0. The Hall–Kier alpha value is -6.43. The molecule has 0 radical (unpaired) electrons. The molecule has 0 atom stereocenters. The lowest BCUT2D eigenvalue weighted by Gasteiger charge is -2.09. The zero-order chi connectivity index (χ0) is 38.2. The lowest BCUT2D eigenvalue weighted by molar-refractivity contribution is 0.669. The summed E-state index contributed by atoms with van der Waals surface area (Å²) in [4.78, 5) is 14.7. The number of hydrogen-bond acceptors (Lipinski definition) is 5. The van der Waals surface area contributed by atoms with E-state index in [1.165, 1.54) is 0 Å². The zero-order valence-corrected chi connectivity index (χ0v) is 27.1. The van der Waals surface area contributed by atoms with Crippen LogP contribution < -0.4 is 0 Å². The zero-order valence-electron chi connectivity index (χ0n) is 32.3. The van der Waals surface area contributed by atoms with Gasteiger partial charge in [-0.3, -0.25) is 0 Å². The van der Waals surface area contributed by atoms with Crippen LogP contribution in [0.1, 0.15) is 8.22 Å². The van der Waals surface area contributed by atoms with Crippen LogP contribution >= 0.6 is 11.3 Å². The van der Waals surface area contributed by atoms with Crippen LogP contribution in [-0.2, 0) is 0 Å². The SMILES string of the molecule is [2H]c1c(-c2ccccc2)c([2H])c2c(oc3c([2H])c(-c4nc(-c5ccc(-c6ccccc6)cc5)nc(-c5ccc6sc7ccccc7c6c5)n4)c([2H])c([2H])c32)c1[2H]. The van der Waals surface area contributed by atoms with Crippen molar-refractivity contribution in [2.45, 2.75) is 0 Å². The number of nitrogens with zero attached hydrogens (tertiary/aromatic N) is 3. The lowest BCUT2D eigenvalue weighted by atomic mass is 10.0. The fraction of sp³-hybridized carbons (Fsp3) is 0. The van der Waals surface area contributed by atoms with Crippen LogP contribution in [0, 0.1) is 0 Å². The fourth-order valence-corrected chi connectivity index (χ4v) is 7.39. The molecule has 0 saturated heterocycles. The van der Waals surface area contributed by atoms with Gasteiger partial charge < -0.3 is 4.42 Å². The Morgan fingerprint density at radius 1 is 0.400 bits per heavy atom. The standard InChI is InChI=1S/C45H27N3OS/c1-3-9-28(10-4-1)30-15-17-31(18-16-30)43-46-44(33-21-24-42-38(26-33)36-13-7-8-14-41(36)50-42)48-45(47-43)34-19-22-35-37-25-32(29-11-5-2-6-12-29)20-23-39(37)49-40(35)27-34/h1-27H/i19D,20D,22D,23D,25D,27D. The van der Waals surface area contributed by atoms with E-state index in [2.05, 4.69) is 12.1 Å². The predicted molar refractivity (Wildman–Crippen MR) is 207 cm³/mol. The van der Waals surface area contributed by atoms with Gasteiger partial charge in [-0.25, -0.2) is 15.0 Å². The second-order valence-electron chi connectivity index (χ2n) is 11.9. The first-order chi connectivity index (χ1) is 27.3. The van der Waals surface area contributed by atoms with Crippen molar-refractivity contribution in [2.75, 3.05) is 0 Å². The molecular weight excluding hydrogens is 631 g/mol. The highest BCUT2D eigenvalue weighted by Gasteiger charge is 2.16. The van der Waals surface area contributed by atoms with E-state index in [1.54, 1.807) is 35.6 Å². The molecule has 234 valence electrons. The number of benzene rings is 7. The first-order valence-electron chi connectivity index (χ1n) is 19.1. The van der Waals surface area contributed by atoms with Crippen LogP contribution in [0.2, 0.25) is 0 Å². The molecule has 0 aliphatic heterocycles. The van der Waals surface area contributed by atoms with Crippen molar-refractivity contribution < 1.29 is 12.6 Å². The Morgan fingerprint density at radius 2 is 0.980 bits per heavy atom. The summed E-state index contributed by atoms with van der Waals surface area (Å²) in [5.41, 5.74) is 4.08. The molecular formula is C45H27N3OS. The van der Waals surface area contributed by atoms with E-state index >= 15 is 0 Å². The molecule has 0 aliphatic rings. The third-order valence-corrected chi connectivity index (χ3v) is 9.97. The molecule has 0 N–H and O–H groups in total. The second-order valence-corrected chi connectivity index (χ2v) is 13.0. The third-order valence-electron chi connectivity index (χ3n) is 8.82. The molecule has 0 fully saturated rings. The van der Waals surface area contributed by atoms with Gasteiger partial charge in [0.1, 0.15) is 11.2 Å². The number of rotatable bonds is 5. The van der Waals surface area contributed by atoms with Crippen molar-refractivity contribution in [3.63, 3.8) is 0 Å². The molecule has 0 aliphatic carbocycles. The molecule has 3 aromatic heterocycles. The molecule has 0 spiro atoms. The summed E-state index contributed by atoms with van der Waals surface area (Å²) in [6, 6.07) is 39.6. The quantitative estimate of drug-likeness (QED) is 0.184. The van der Waals surface area contributed by atoms with Crippen molar-refractivity contribution in [3.8, 4) is 56.4 Å². The van der Waals surface area contributed by atoms with E-state index < -0.39 is 0 Å². The van der Waals surface area contributed by atoms with Gasteiger partial charge in [0.15, 0.2) is 17.5 Å². The Morgan fingerprint density at radius 3 is 1.76 bits per heavy atom. The minimum Gasteiger partial charge on any atom is -0.456 e. The molecule has 3 heterocycles. The van der Waals surface area contributed by atoms with Crippen molar-refractivity contribution in [2.24, 2.45) is 0 Å². The fourth-order valence-electron chi connectivity index (χ4n) is 6.31. The number of hydrogen-bond donors (Lipinski definition) is 0. The summed E-state index contributed by atoms with van der Waals surface area (Å²) >= 11 is 1.70. The molecule has 5 heteroatoms. The van der Waals surface area contributed by atoms with Crippen LogP contribution in [-0.4, -0.2) is 15.0 Å². The monoisotopic (exact) mass is 663 g/mol. The van der Waals surface area contributed by atoms with Gasteiger partial charge in [0.05, 0.1) is 8.22 Å². The van der Waals surface area contributed by atoms with Crippen LogP contribution in [0.3, 0.4) is 0 Å². The number of aromatic nitrogens is 3. The lowest BCUT2D eigenvalue weighted by Crippen LogP contribution is -2.00. The Labute approximate surface area is 300 Å². The number of fused-ring (bicyclic) bond motifs is 6. The van der Waals surface area contributed by atoms with E-state index in [4.69, 9.17) is 22.1 Å². The van der Waals surface area contributed by atoms with E-state index in [0.717, 1.165) is 36.9 Å². The molecule has 50 heavy (non-hydrogen) atoms. The first-order valence-corrected chi connectivity index (χ1v) is 16.9. The van der Waals surface area contributed by atoms with E-state index in [9.17, 15) is 5.48 Å². The third kappa shape index (κ3) is 4.95. The predicted octanol–water partition coefficient (Wildman–Crippen LogP) is 12.5. The highest BCUT2D eigenvalue weighted by molar-refractivity contribution is 7.25. The summed E-state index contributed by atoms with van der Waals surface area (Å²) in [5, 5.41) is 2.35. The smallest absolute Gasteiger partial charge is 0.164 e. The Kier molecular flexibility index (Phi) is 5.35. The number of furan rings is 1. The first kappa shape index (κ1) is 23.0. The maximum absolute atomic E-state index is 9.44. The van der Waals surface area contributed by atoms with Gasteiger partial charge in [-0.05, 0) is 70.7 Å². The molecule has 4 nitrogen and oxygen atoms in total. The molecule has 0 amide bonds. The van der Waals surface area contributed by atoms with Crippen molar-refractivity contribution in [1.29, 1.82) is 0 Å². The van der Waals surface area contributed by atoms with Gasteiger partial charge in [-0.1, -0.05) is 115 Å². The van der Waals surface area contributed by atoms with Crippen LogP contribution in [0.15, 0.2) is 168 Å². The maximum atomic E-state index is 9.44. The summed E-state index contributed by atoms with van der Waals surface area (Å²) in [7, 11) is 0. The van der Waals surface area contributed by atoms with Crippen LogP contribution in [0.5, 0.6) is 0 Å². The minimum atomic E-state index is -0.325. The molecule has 0 bridgehead atoms. The Balaban J connectivity index is 1.21. The van der Waals surface area contributed by atoms with E-state index in [0.29, 0.717) is 22.8 Å². The highest BCUT2D eigenvalue weighted by Crippen LogP contribution is 2.38. The number of thiophene rings is 1. The maximum Gasteiger partial charge on any atom is 0.164 e. The average Bonchev–Trinajstić information content (AvgIpc) is 3.83. The van der Waals surface area contributed by atoms with Crippen LogP contribution in [0.25, 0.3) is 98.5 Å². The largest absolute Gasteiger partial charge is 0.456 e. The van der Waals surface area contributed by atoms with Crippen molar-refractivity contribution >= 4 is 53.4 Å². The molecule has 7 aromatic carbocycles. The Bertz CT molecular complexity index is 3200. The molecule has 0 saturated carbocycles. The van der Waals surface area contributed by atoms with E-state index in [1.807, 2.05) is 91.0 Å². The van der Waals surface area contributed by atoms with Gasteiger partial charge in [-0.15, -0.1) is 11.3 Å². The normalized spacial score (nSPS) is 13.3. The van der Waals surface area contributed by atoms with Crippen molar-refractivity contribution in [3.05, 3.63) is 164 Å². The summed E-state index contributed by atoms with van der Waals surface area (Å²) in [5.74, 6) is 0.669. The topological polar surface area (TPSA) is 51.8 Å². The van der Waals surface area contributed by atoms with Gasteiger partial charge >= 0.3 is 0 Å². The van der Waals surface area contributed by atoms with E-state index in [-0.39, 0.29) is 75.1 Å². The van der Waals surface area contributed by atoms with Gasteiger partial charge in [0.25, 0.3) is 0 Å². The van der Waals surface area contributed by atoms with Gasteiger partial charge in [0, 0.05) is 47.6 Å². The average molecular weight is 664 g/mol. The minimum absolute atomic E-state index is 0.0154. The molecule has 10 rings (SSSR count). The van der Waals surface area contributed by atoms with Crippen LogP contribution in [0.4, 0.5) is 0 Å². The molecule has 0 unspecified atom stereocenters. The van der Waals surface area contributed by atoms with Gasteiger partial charge in [0.2, 0.25) is 0 Å². The highest BCUT2D eigenvalue weighted by atomic mass is 32.1. The molecule has 10 aromatic rings. The van der Waals surface area contributed by atoms with Crippen molar-refractivity contribution in [1.82, 2.24) is 15.0 Å². The summed E-state index contributed by atoms with van der Waals surface area (Å²) in [6.07, 6.45) is 0. The summed E-state index contributed by atoms with van der Waals surface area (Å²) < 4.78 is 63.3. The second kappa shape index (κ2) is 11.6. The van der Waals surface area contributed by atoms with Gasteiger partial charge in [-0.2, -0.15) is 0 Å².